The van der Waals surface area contributed by atoms with Gasteiger partial charge in [0, 0.05) is 18.2 Å². The van der Waals surface area contributed by atoms with Crippen LogP contribution in [0.5, 0.6) is 5.75 Å². The molecule has 1 fully saturated rings. The smallest absolute Gasteiger partial charge is 0.243 e. The Hall–Kier alpha value is -0.780. The zero-order chi connectivity index (χ0) is 15.5. The van der Waals surface area contributed by atoms with E-state index < -0.39 is 10.0 Å². The van der Waals surface area contributed by atoms with Gasteiger partial charge in [0.2, 0.25) is 10.0 Å². The molecule has 0 aromatic heterocycles. The number of halogens is 1. The normalized spacial score (nSPS) is 15.4. The number of sulfonamides is 1. The molecule has 0 bridgehead atoms. The number of hydrogen-bond acceptors (Lipinski definition) is 3. The minimum Gasteiger partial charge on any atom is -0.494 e. The topological polar surface area (TPSA) is 46.6 Å². The van der Waals surface area contributed by atoms with E-state index in [-0.39, 0.29) is 11.9 Å². The maximum atomic E-state index is 12.8. The zero-order valence-corrected chi connectivity index (χ0v) is 14.1. The molecule has 0 spiro atoms. The van der Waals surface area contributed by atoms with Crippen LogP contribution in [0.1, 0.15) is 38.7 Å². The van der Waals surface area contributed by atoms with Gasteiger partial charge in [0.15, 0.2) is 0 Å². The highest BCUT2D eigenvalue weighted by Crippen LogP contribution is 2.33. The van der Waals surface area contributed by atoms with Crippen molar-refractivity contribution in [2.24, 2.45) is 0 Å². The van der Waals surface area contributed by atoms with Crippen molar-refractivity contribution in [1.29, 1.82) is 0 Å². The number of rotatable bonds is 8. The third-order valence-electron chi connectivity index (χ3n) is 3.48. The predicted molar refractivity (Wildman–Crippen MR) is 84.4 cm³/mol. The largest absolute Gasteiger partial charge is 0.494 e. The van der Waals surface area contributed by atoms with E-state index in [2.05, 4.69) is 0 Å². The van der Waals surface area contributed by atoms with Gasteiger partial charge in [0.1, 0.15) is 5.75 Å². The van der Waals surface area contributed by atoms with Crippen molar-refractivity contribution < 1.29 is 13.2 Å². The molecular weight excluding hydrogens is 310 g/mol. The van der Waals surface area contributed by atoms with Crippen LogP contribution in [0.4, 0.5) is 0 Å². The van der Waals surface area contributed by atoms with Crippen molar-refractivity contribution in [3.63, 3.8) is 0 Å². The van der Waals surface area contributed by atoms with Gasteiger partial charge in [-0.05, 0) is 44.4 Å². The molecule has 0 N–H and O–H groups in total. The van der Waals surface area contributed by atoms with Crippen molar-refractivity contribution in [2.45, 2.75) is 49.9 Å². The molecule has 1 aromatic rings. The summed E-state index contributed by atoms with van der Waals surface area (Å²) in [7, 11) is -3.45. The molecule has 0 radical (unpaired) electrons. The van der Waals surface area contributed by atoms with Gasteiger partial charge in [0.25, 0.3) is 0 Å². The molecule has 4 nitrogen and oxygen atoms in total. The van der Waals surface area contributed by atoms with E-state index in [0.717, 1.165) is 19.3 Å². The van der Waals surface area contributed by atoms with Crippen LogP contribution in [-0.2, 0) is 15.9 Å². The second-order valence-electron chi connectivity index (χ2n) is 5.18. The lowest BCUT2D eigenvalue weighted by atomic mass is 10.2. The summed E-state index contributed by atoms with van der Waals surface area (Å²) >= 11 is 5.92. The van der Waals surface area contributed by atoms with E-state index in [0.29, 0.717) is 29.4 Å². The lowest BCUT2D eigenvalue weighted by Crippen LogP contribution is -2.33. The third-order valence-corrected chi connectivity index (χ3v) is 5.72. The highest BCUT2D eigenvalue weighted by Gasteiger charge is 2.37. The number of benzene rings is 1. The highest BCUT2D eigenvalue weighted by molar-refractivity contribution is 7.89. The van der Waals surface area contributed by atoms with Gasteiger partial charge in [-0.15, -0.1) is 11.6 Å². The van der Waals surface area contributed by atoms with E-state index in [1.165, 1.54) is 0 Å². The van der Waals surface area contributed by atoms with Crippen LogP contribution in [-0.4, -0.2) is 31.9 Å². The Morgan fingerprint density at radius 1 is 1.33 bits per heavy atom. The first-order valence-corrected chi connectivity index (χ1v) is 9.35. The van der Waals surface area contributed by atoms with Gasteiger partial charge in [-0.25, -0.2) is 8.42 Å². The number of alkyl halides is 1. The van der Waals surface area contributed by atoms with Crippen LogP contribution in [0.3, 0.4) is 0 Å². The van der Waals surface area contributed by atoms with Crippen molar-refractivity contribution in [1.82, 2.24) is 4.31 Å². The Bertz CT molecular complexity index is 585. The zero-order valence-electron chi connectivity index (χ0n) is 12.5. The number of nitrogens with zero attached hydrogens (tertiary/aromatic N) is 1. The summed E-state index contributed by atoms with van der Waals surface area (Å²) in [5.74, 6) is 0.885. The van der Waals surface area contributed by atoms with Gasteiger partial charge in [-0.2, -0.15) is 4.31 Å². The maximum Gasteiger partial charge on any atom is 0.243 e. The second-order valence-corrected chi connectivity index (χ2v) is 7.34. The maximum absolute atomic E-state index is 12.8. The number of hydrogen-bond donors (Lipinski definition) is 0. The minimum absolute atomic E-state index is 0.168. The minimum atomic E-state index is -3.45. The molecule has 2 rings (SSSR count). The average molecular weight is 332 g/mol. The Morgan fingerprint density at radius 3 is 2.57 bits per heavy atom. The SMILES string of the molecule is CCCN(C1CC1)S(=O)(=O)c1ccc(OCC)c(CCl)c1. The molecule has 0 atom stereocenters. The van der Waals surface area contributed by atoms with E-state index in [1.807, 2.05) is 13.8 Å². The first-order valence-electron chi connectivity index (χ1n) is 7.38. The van der Waals surface area contributed by atoms with E-state index >= 15 is 0 Å². The Kier molecular flexibility index (Phi) is 5.52. The molecule has 1 saturated carbocycles. The van der Waals surface area contributed by atoms with Crippen LogP contribution in [0.15, 0.2) is 23.1 Å². The molecule has 118 valence electrons. The fraction of sp³-hybridized carbons (Fsp3) is 0.600. The van der Waals surface area contributed by atoms with E-state index in [4.69, 9.17) is 16.3 Å². The fourth-order valence-corrected chi connectivity index (χ4v) is 4.37. The molecule has 1 aromatic carbocycles. The second kappa shape index (κ2) is 6.99. The Morgan fingerprint density at radius 2 is 2.05 bits per heavy atom. The van der Waals surface area contributed by atoms with Gasteiger partial charge < -0.3 is 4.74 Å². The highest BCUT2D eigenvalue weighted by atomic mass is 35.5. The molecule has 0 aliphatic heterocycles. The lowest BCUT2D eigenvalue weighted by Gasteiger charge is -2.22. The molecule has 0 amide bonds. The van der Waals surface area contributed by atoms with Crippen LogP contribution in [0.25, 0.3) is 0 Å². The molecule has 1 aliphatic carbocycles. The molecule has 21 heavy (non-hydrogen) atoms. The first kappa shape index (κ1) is 16.6. The van der Waals surface area contributed by atoms with Crippen LogP contribution in [0.2, 0.25) is 0 Å². The molecule has 0 saturated heterocycles. The monoisotopic (exact) mass is 331 g/mol. The quantitative estimate of drug-likeness (QED) is 0.686. The van der Waals surface area contributed by atoms with Gasteiger partial charge in [-0.3, -0.25) is 0 Å². The molecule has 1 aliphatic rings. The summed E-state index contributed by atoms with van der Waals surface area (Å²) in [6.45, 7) is 4.97. The van der Waals surface area contributed by atoms with Crippen LogP contribution in [0, 0.1) is 0 Å². The summed E-state index contributed by atoms with van der Waals surface area (Å²) in [6, 6.07) is 5.12. The molecule has 6 heteroatoms. The Labute approximate surface area is 132 Å². The van der Waals surface area contributed by atoms with Crippen molar-refractivity contribution in [3.8, 4) is 5.75 Å². The number of ether oxygens (including phenoxy) is 1. The van der Waals surface area contributed by atoms with Crippen LogP contribution < -0.4 is 4.74 Å². The Balaban J connectivity index is 2.34. The summed E-state index contributed by atoms with van der Waals surface area (Å²) in [5, 5.41) is 0. The van der Waals surface area contributed by atoms with E-state index in [1.54, 1.807) is 22.5 Å². The molecule has 0 heterocycles. The standard InChI is InChI=1S/C15H22ClNO3S/c1-3-9-17(13-5-6-13)21(18,19)14-7-8-15(20-4-2)12(10-14)11-16/h7-8,10,13H,3-6,9,11H2,1-2H3. The summed E-state index contributed by atoms with van der Waals surface area (Å²) in [5.41, 5.74) is 0.715. The average Bonchev–Trinajstić information content (AvgIpc) is 3.29. The first-order chi connectivity index (χ1) is 10.0. The fourth-order valence-electron chi connectivity index (χ4n) is 2.33. The predicted octanol–water partition coefficient (Wildman–Crippen LogP) is 3.39. The van der Waals surface area contributed by atoms with Crippen LogP contribution >= 0.6 is 11.6 Å². The van der Waals surface area contributed by atoms with Gasteiger partial charge in [0.05, 0.1) is 17.4 Å². The third kappa shape index (κ3) is 3.71. The summed E-state index contributed by atoms with van der Waals surface area (Å²) < 4.78 is 32.7. The van der Waals surface area contributed by atoms with Gasteiger partial charge in [-0.1, -0.05) is 6.92 Å². The van der Waals surface area contributed by atoms with Crippen molar-refractivity contribution in [3.05, 3.63) is 23.8 Å². The van der Waals surface area contributed by atoms with Crippen molar-refractivity contribution in [2.75, 3.05) is 13.2 Å². The van der Waals surface area contributed by atoms with E-state index in [9.17, 15) is 8.42 Å². The molecule has 0 unspecified atom stereocenters. The van der Waals surface area contributed by atoms with Gasteiger partial charge >= 0.3 is 0 Å². The summed E-state index contributed by atoms with van der Waals surface area (Å²) in [6.07, 6.45) is 2.73. The summed E-state index contributed by atoms with van der Waals surface area (Å²) in [4.78, 5) is 0.307. The lowest BCUT2D eigenvalue weighted by molar-refractivity contribution is 0.337. The van der Waals surface area contributed by atoms with Crippen molar-refractivity contribution >= 4 is 21.6 Å². The molecular formula is C15H22ClNO3S.